The number of rotatable bonds is 3. The molecule has 0 atom stereocenters. The molecule has 0 spiro atoms. The minimum absolute atomic E-state index is 0.0213. The maximum atomic E-state index is 13.5. The number of anilines is 2. The van der Waals surface area contributed by atoms with Crippen LogP contribution < -0.4 is 9.80 Å². The fourth-order valence-electron chi connectivity index (χ4n) is 3.14. The van der Waals surface area contributed by atoms with Gasteiger partial charge >= 0.3 is 5.97 Å². The number of carbonyl (C=O) groups is 1. The molecule has 0 amide bonds. The number of piperazine rings is 1. The summed E-state index contributed by atoms with van der Waals surface area (Å²) in [5.41, 5.74) is 1.21. The molecule has 1 fully saturated rings. The van der Waals surface area contributed by atoms with Crippen molar-refractivity contribution >= 4 is 39.0 Å². The molecule has 0 N–H and O–H groups in total. The van der Waals surface area contributed by atoms with Gasteiger partial charge in [-0.05, 0) is 23.6 Å². The first kappa shape index (κ1) is 17.6. The van der Waals surface area contributed by atoms with Gasteiger partial charge in [-0.1, -0.05) is 0 Å². The Kier molecular flexibility index (Phi) is 4.61. The first-order valence-corrected chi connectivity index (χ1v) is 9.22. The molecule has 3 aromatic rings. The maximum Gasteiger partial charge on any atom is 0.376 e. The second kappa shape index (κ2) is 7.07. The number of carbonyl (C=O) groups excluding carboxylic acids is 1. The van der Waals surface area contributed by atoms with E-state index in [1.807, 2.05) is 16.3 Å². The monoisotopic (exact) mass is 390 g/mol. The summed E-state index contributed by atoms with van der Waals surface area (Å²) in [6.07, 6.45) is 0. The SMILES string of the molecule is COC(=O)c1nc(N2CCN(c3cc(F)cc(F)c3)CC2)c2sccc2n1. The van der Waals surface area contributed by atoms with Crippen molar-refractivity contribution in [3.05, 3.63) is 47.1 Å². The summed E-state index contributed by atoms with van der Waals surface area (Å²) in [4.78, 5) is 24.5. The Hall–Kier alpha value is -2.81. The summed E-state index contributed by atoms with van der Waals surface area (Å²) in [5, 5.41) is 1.90. The van der Waals surface area contributed by atoms with Gasteiger partial charge in [-0.2, -0.15) is 0 Å². The van der Waals surface area contributed by atoms with Crippen molar-refractivity contribution < 1.29 is 18.3 Å². The van der Waals surface area contributed by atoms with Crippen LogP contribution >= 0.6 is 11.3 Å². The number of esters is 1. The molecule has 3 heterocycles. The molecule has 0 unspecified atom stereocenters. The second-order valence-corrected chi connectivity index (χ2v) is 7.02. The average molecular weight is 390 g/mol. The van der Waals surface area contributed by atoms with Crippen LogP contribution in [0.1, 0.15) is 10.6 Å². The van der Waals surface area contributed by atoms with E-state index in [1.54, 1.807) is 0 Å². The first-order valence-electron chi connectivity index (χ1n) is 8.34. The number of nitrogens with zero attached hydrogens (tertiary/aromatic N) is 4. The summed E-state index contributed by atoms with van der Waals surface area (Å²) >= 11 is 1.51. The standard InChI is InChI=1S/C18H16F2N4O2S/c1-26-18(25)16-21-14-2-7-27-15(14)17(22-16)24-5-3-23(4-6-24)13-9-11(19)8-12(20)10-13/h2,7-10H,3-6H2,1H3. The fraction of sp³-hybridized carbons (Fsp3) is 0.278. The molecule has 1 aliphatic rings. The number of hydrogen-bond donors (Lipinski definition) is 0. The Morgan fingerprint density at radius 2 is 1.74 bits per heavy atom. The van der Waals surface area contributed by atoms with Crippen LogP contribution in [0.5, 0.6) is 0 Å². The van der Waals surface area contributed by atoms with E-state index in [0.717, 1.165) is 10.8 Å². The predicted octanol–water partition coefficient (Wildman–Crippen LogP) is 3.08. The van der Waals surface area contributed by atoms with E-state index in [4.69, 9.17) is 4.74 Å². The third kappa shape index (κ3) is 3.42. The van der Waals surface area contributed by atoms with E-state index >= 15 is 0 Å². The second-order valence-electron chi connectivity index (χ2n) is 6.10. The van der Waals surface area contributed by atoms with E-state index in [-0.39, 0.29) is 5.82 Å². The number of fused-ring (bicyclic) bond motifs is 1. The third-order valence-corrected chi connectivity index (χ3v) is 5.34. The molecule has 1 aromatic carbocycles. The number of ether oxygens (including phenoxy) is 1. The number of aromatic nitrogens is 2. The normalized spacial score (nSPS) is 14.6. The van der Waals surface area contributed by atoms with Gasteiger partial charge in [0.1, 0.15) is 11.6 Å². The number of benzene rings is 1. The smallest absolute Gasteiger partial charge is 0.376 e. The molecular formula is C18H16F2N4O2S. The Morgan fingerprint density at radius 3 is 2.41 bits per heavy atom. The minimum atomic E-state index is -0.591. The minimum Gasteiger partial charge on any atom is -0.463 e. The van der Waals surface area contributed by atoms with Gasteiger partial charge in [0.25, 0.3) is 0 Å². The van der Waals surface area contributed by atoms with Gasteiger partial charge < -0.3 is 14.5 Å². The highest BCUT2D eigenvalue weighted by Crippen LogP contribution is 2.30. The zero-order valence-electron chi connectivity index (χ0n) is 14.5. The van der Waals surface area contributed by atoms with Gasteiger partial charge in [0, 0.05) is 37.9 Å². The molecular weight excluding hydrogens is 374 g/mol. The zero-order chi connectivity index (χ0) is 19.0. The molecule has 0 bridgehead atoms. The Morgan fingerprint density at radius 1 is 1.07 bits per heavy atom. The summed E-state index contributed by atoms with van der Waals surface area (Å²) < 4.78 is 32.6. The van der Waals surface area contributed by atoms with Crippen LogP contribution in [-0.4, -0.2) is 49.2 Å². The number of thiophene rings is 1. The lowest BCUT2D eigenvalue weighted by Gasteiger charge is -2.36. The summed E-state index contributed by atoms with van der Waals surface area (Å²) in [7, 11) is 1.29. The highest BCUT2D eigenvalue weighted by molar-refractivity contribution is 7.17. The fourth-order valence-corrected chi connectivity index (χ4v) is 3.99. The molecule has 2 aromatic heterocycles. The quantitative estimate of drug-likeness (QED) is 0.641. The lowest BCUT2D eigenvalue weighted by Crippen LogP contribution is -2.47. The molecule has 0 radical (unpaired) electrons. The van der Waals surface area contributed by atoms with Gasteiger partial charge in [-0.25, -0.2) is 23.5 Å². The largest absolute Gasteiger partial charge is 0.463 e. The van der Waals surface area contributed by atoms with Crippen LogP contribution in [0.4, 0.5) is 20.3 Å². The topological polar surface area (TPSA) is 58.6 Å². The summed E-state index contributed by atoms with van der Waals surface area (Å²) in [6.45, 7) is 2.35. The highest BCUT2D eigenvalue weighted by atomic mass is 32.1. The lowest BCUT2D eigenvalue weighted by atomic mass is 10.2. The van der Waals surface area contributed by atoms with Crippen molar-refractivity contribution in [2.24, 2.45) is 0 Å². The van der Waals surface area contributed by atoms with Gasteiger partial charge in [0.15, 0.2) is 5.82 Å². The van der Waals surface area contributed by atoms with Crippen LogP contribution in [-0.2, 0) is 4.74 Å². The molecule has 6 nitrogen and oxygen atoms in total. The highest BCUT2D eigenvalue weighted by Gasteiger charge is 2.24. The van der Waals surface area contributed by atoms with Gasteiger partial charge in [0.05, 0.1) is 17.3 Å². The molecule has 9 heteroatoms. The van der Waals surface area contributed by atoms with Crippen molar-refractivity contribution in [1.29, 1.82) is 0 Å². The predicted molar refractivity (Wildman–Crippen MR) is 99.5 cm³/mol. The summed E-state index contributed by atoms with van der Waals surface area (Å²) in [5.74, 6) is -1.07. The van der Waals surface area contributed by atoms with Crippen LogP contribution in [0.3, 0.4) is 0 Å². The molecule has 0 aliphatic carbocycles. The van der Waals surface area contributed by atoms with Gasteiger partial charge in [-0.3, -0.25) is 0 Å². The van der Waals surface area contributed by atoms with Gasteiger partial charge in [-0.15, -0.1) is 11.3 Å². The van der Waals surface area contributed by atoms with Crippen molar-refractivity contribution in [3.8, 4) is 0 Å². The van der Waals surface area contributed by atoms with Crippen LogP contribution in [0.2, 0.25) is 0 Å². The van der Waals surface area contributed by atoms with E-state index in [0.29, 0.717) is 43.2 Å². The van der Waals surface area contributed by atoms with Crippen molar-refractivity contribution in [1.82, 2.24) is 9.97 Å². The van der Waals surface area contributed by atoms with Crippen LogP contribution in [0, 0.1) is 11.6 Å². The molecule has 27 heavy (non-hydrogen) atoms. The number of hydrogen-bond acceptors (Lipinski definition) is 7. The Balaban J connectivity index is 1.59. The van der Waals surface area contributed by atoms with Crippen molar-refractivity contribution in [3.63, 3.8) is 0 Å². The first-order chi connectivity index (χ1) is 13.0. The molecule has 1 saturated heterocycles. The molecule has 0 saturated carbocycles. The number of halogens is 2. The third-order valence-electron chi connectivity index (χ3n) is 4.45. The lowest BCUT2D eigenvalue weighted by molar-refractivity contribution is 0.0587. The number of methoxy groups -OCH3 is 1. The van der Waals surface area contributed by atoms with E-state index < -0.39 is 17.6 Å². The Labute approximate surface area is 158 Å². The summed E-state index contributed by atoms with van der Waals surface area (Å²) in [6, 6.07) is 5.36. The zero-order valence-corrected chi connectivity index (χ0v) is 15.3. The maximum absolute atomic E-state index is 13.5. The Bertz CT molecular complexity index is 982. The van der Waals surface area contributed by atoms with E-state index in [9.17, 15) is 13.6 Å². The van der Waals surface area contributed by atoms with Crippen LogP contribution in [0.15, 0.2) is 29.6 Å². The molecule has 140 valence electrons. The molecule has 4 rings (SSSR count). The van der Waals surface area contributed by atoms with E-state index in [1.165, 1.54) is 30.6 Å². The average Bonchev–Trinajstić information content (AvgIpc) is 3.14. The van der Waals surface area contributed by atoms with Crippen molar-refractivity contribution in [2.45, 2.75) is 0 Å². The van der Waals surface area contributed by atoms with E-state index in [2.05, 4.69) is 14.9 Å². The van der Waals surface area contributed by atoms with Gasteiger partial charge in [0.2, 0.25) is 5.82 Å². The van der Waals surface area contributed by atoms with Crippen molar-refractivity contribution in [2.75, 3.05) is 43.1 Å². The molecule has 1 aliphatic heterocycles. The van der Waals surface area contributed by atoms with Crippen LogP contribution in [0.25, 0.3) is 10.2 Å².